The van der Waals surface area contributed by atoms with Crippen LogP contribution >= 0.6 is 0 Å². The molecule has 0 radical (unpaired) electrons. The number of halogens is 4. The summed E-state index contributed by atoms with van der Waals surface area (Å²) < 4.78 is 59.7. The lowest BCUT2D eigenvalue weighted by Gasteiger charge is -2.30. The molecule has 6 nitrogen and oxygen atoms in total. The van der Waals surface area contributed by atoms with Gasteiger partial charge in [0.25, 0.3) is 18.8 Å². The summed E-state index contributed by atoms with van der Waals surface area (Å²) in [6.45, 7) is 4.50. The van der Waals surface area contributed by atoms with Gasteiger partial charge in [0.2, 0.25) is 5.72 Å². The summed E-state index contributed by atoms with van der Waals surface area (Å²) in [6.07, 6.45) is -7.87. The topological polar surface area (TPSA) is 75.0 Å². The van der Waals surface area contributed by atoms with E-state index < -0.39 is 36.6 Å². The van der Waals surface area contributed by atoms with Crippen LogP contribution in [0.5, 0.6) is 5.75 Å². The van der Waals surface area contributed by atoms with Crippen LogP contribution in [0.25, 0.3) is 22.2 Å². The van der Waals surface area contributed by atoms with E-state index in [0.29, 0.717) is 40.4 Å². The van der Waals surface area contributed by atoms with Gasteiger partial charge in [-0.25, -0.2) is 22.5 Å². The molecule has 0 bridgehead atoms. The fourth-order valence-electron chi connectivity index (χ4n) is 3.73. The number of alkyl halides is 4. The lowest BCUT2D eigenvalue weighted by atomic mass is 10.0. The Kier molecular flexibility index (Phi) is 6.75. The Morgan fingerprint density at radius 1 is 1.11 bits per heavy atom. The van der Waals surface area contributed by atoms with Crippen molar-refractivity contribution >= 4 is 22.5 Å². The molecule has 0 saturated carbocycles. The van der Waals surface area contributed by atoms with Gasteiger partial charge in [-0.05, 0) is 30.2 Å². The van der Waals surface area contributed by atoms with Gasteiger partial charge in [-0.1, -0.05) is 44.2 Å². The van der Waals surface area contributed by atoms with Gasteiger partial charge in [0.1, 0.15) is 11.5 Å². The summed E-state index contributed by atoms with van der Waals surface area (Å²) in [4.78, 5) is 18.0. The van der Waals surface area contributed by atoms with Crippen molar-refractivity contribution in [1.29, 1.82) is 0 Å². The van der Waals surface area contributed by atoms with Crippen molar-refractivity contribution in [2.45, 2.75) is 38.8 Å². The van der Waals surface area contributed by atoms with Crippen LogP contribution < -0.4 is 4.74 Å². The molecule has 0 spiro atoms. The first-order valence-corrected chi connectivity index (χ1v) is 10.9. The first kappa shape index (κ1) is 24.6. The summed E-state index contributed by atoms with van der Waals surface area (Å²) in [6, 6.07) is 14.9. The van der Waals surface area contributed by atoms with Crippen molar-refractivity contribution in [3.05, 3.63) is 60.2 Å². The maximum atomic E-state index is 13.7. The Balaban J connectivity index is 1.81. The summed E-state index contributed by atoms with van der Waals surface area (Å²) in [7, 11) is 0. The second-order valence-electron chi connectivity index (χ2n) is 8.67. The second kappa shape index (κ2) is 9.61. The van der Waals surface area contributed by atoms with Crippen LogP contribution in [0.3, 0.4) is 0 Å². The van der Waals surface area contributed by atoms with E-state index in [1.54, 1.807) is 48.5 Å². The van der Waals surface area contributed by atoms with Crippen LogP contribution in [-0.2, 0) is 0 Å². The highest BCUT2D eigenvalue weighted by molar-refractivity contribution is 6.08. The average Bonchev–Trinajstić information content (AvgIpc) is 3.21. The molecule has 3 aromatic rings. The van der Waals surface area contributed by atoms with Gasteiger partial charge < -0.3 is 9.84 Å². The molecule has 0 aliphatic carbocycles. The molecule has 1 aliphatic rings. The SMILES string of the molecule is CC(C)COc1cccc(-c2cc(C(=O)N3N=C(C(F)F)C[C@@]3(O)C(F)F)c3ccccc3n2)c1. The van der Waals surface area contributed by atoms with Gasteiger partial charge in [0.05, 0.1) is 23.4 Å². The quantitative estimate of drug-likeness (QED) is 0.454. The number of fused-ring (bicyclic) bond motifs is 1. The molecule has 1 atom stereocenters. The number of ether oxygens (including phenoxy) is 1. The molecular formula is C25H23F4N3O3. The molecule has 184 valence electrons. The Morgan fingerprint density at radius 2 is 1.86 bits per heavy atom. The molecule has 2 aromatic carbocycles. The number of amides is 1. The molecule has 0 fully saturated rings. The number of carbonyl (C=O) groups is 1. The Bertz CT molecular complexity index is 1280. The number of nitrogens with zero attached hydrogens (tertiary/aromatic N) is 3. The molecule has 35 heavy (non-hydrogen) atoms. The van der Waals surface area contributed by atoms with E-state index in [2.05, 4.69) is 10.1 Å². The highest BCUT2D eigenvalue weighted by atomic mass is 19.3. The van der Waals surface area contributed by atoms with Crippen molar-refractivity contribution in [2.75, 3.05) is 6.61 Å². The number of rotatable bonds is 7. The average molecular weight is 489 g/mol. The first-order chi connectivity index (χ1) is 16.6. The molecule has 1 amide bonds. The second-order valence-corrected chi connectivity index (χ2v) is 8.67. The van der Waals surface area contributed by atoms with E-state index in [4.69, 9.17) is 4.74 Å². The van der Waals surface area contributed by atoms with E-state index in [-0.39, 0.29) is 10.6 Å². The Hall–Kier alpha value is -3.53. The smallest absolute Gasteiger partial charge is 0.287 e. The zero-order valence-electron chi connectivity index (χ0n) is 19.0. The largest absolute Gasteiger partial charge is 0.493 e. The highest BCUT2D eigenvalue weighted by Crippen LogP contribution is 2.36. The minimum absolute atomic E-state index is 0.0624. The number of hydrazone groups is 1. The summed E-state index contributed by atoms with van der Waals surface area (Å²) in [5, 5.41) is 14.2. The Morgan fingerprint density at radius 3 is 2.54 bits per heavy atom. The van der Waals surface area contributed by atoms with E-state index in [1.807, 2.05) is 13.8 Å². The van der Waals surface area contributed by atoms with Gasteiger partial charge in [-0.3, -0.25) is 4.79 Å². The number of para-hydroxylation sites is 1. The molecule has 0 unspecified atom stereocenters. The number of aromatic nitrogens is 1. The van der Waals surface area contributed by atoms with Crippen molar-refractivity contribution in [3.63, 3.8) is 0 Å². The summed E-state index contributed by atoms with van der Waals surface area (Å²) in [5.74, 6) is -0.262. The van der Waals surface area contributed by atoms with Crippen LogP contribution in [0.4, 0.5) is 17.6 Å². The van der Waals surface area contributed by atoms with Gasteiger partial charge in [0, 0.05) is 17.4 Å². The van der Waals surface area contributed by atoms with Gasteiger partial charge in [-0.15, -0.1) is 0 Å². The van der Waals surface area contributed by atoms with Crippen LogP contribution in [0.2, 0.25) is 0 Å². The fourth-order valence-corrected chi connectivity index (χ4v) is 3.73. The third-order valence-electron chi connectivity index (χ3n) is 5.49. The third-order valence-corrected chi connectivity index (χ3v) is 5.49. The van der Waals surface area contributed by atoms with Crippen molar-refractivity contribution in [2.24, 2.45) is 11.0 Å². The number of benzene rings is 2. The number of hydrogen-bond acceptors (Lipinski definition) is 5. The predicted molar refractivity (Wildman–Crippen MR) is 123 cm³/mol. The molecule has 10 heteroatoms. The van der Waals surface area contributed by atoms with Crippen molar-refractivity contribution in [3.8, 4) is 17.0 Å². The highest BCUT2D eigenvalue weighted by Gasteiger charge is 2.53. The number of aliphatic hydroxyl groups is 1. The fraction of sp³-hybridized carbons (Fsp3) is 0.320. The van der Waals surface area contributed by atoms with E-state index >= 15 is 0 Å². The predicted octanol–water partition coefficient (Wildman–Crippen LogP) is 5.36. The van der Waals surface area contributed by atoms with E-state index in [0.717, 1.165) is 0 Å². The number of pyridine rings is 1. The molecule has 1 aliphatic heterocycles. The molecule has 1 N–H and O–H groups in total. The number of hydrogen-bond donors (Lipinski definition) is 1. The van der Waals surface area contributed by atoms with Crippen molar-refractivity contribution in [1.82, 2.24) is 9.99 Å². The zero-order chi connectivity index (χ0) is 25.3. The van der Waals surface area contributed by atoms with Gasteiger partial charge in [0.15, 0.2) is 0 Å². The summed E-state index contributed by atoms with van der Waals surface area (Å²) in [5.41, 5.74) is -2.99. The minimum Gasteiger partial charge on any atom is -0.493 e. The minimum atomic E-state index is -3.52. The Labute approximate surface area is 198 Å². The standard InChI is InChI=1S/C25H23F4N3O3/c1-14(2)13-35-16-7-5-6-15(10-16)20-11-18(17-8-3-4-9-19(17)30-20)23(33)32-25(34,24(28)29)12-21(31-32)22(26)27/h3-11,14,22,24,34H,12-13H2,1-2H3/t25-/m1/s1. The van der Waals surface area contributed by atoms with Crippen molar-refractivity contribution < 1.29 is 32.2 Å². The number of carbonyl (C=O) groups excluding carboxylic acids is 1. The monoisotopic (exact) mass is 489 g/mol. The maximum Gasteiger partial charge on any atom is 0.287 e. The first-order valence-electron chi connectivity index (χ1n) is 10.9. The normalized spacial score (nSPS) is 18.1. The van der Waals surface area contributed by atoms with Crippen LogP contribution in [0.15, 0.2) is 59.7 Å². The molecule has 4 rings (SSSR count). The van der Waals surface area contributed by atoms with Crippen LogP contribution in [-0.4, -0.2) is 51.9 Å². The summed E-state index contributed by atoms with van der Waals surface area (Å²) >= 11 is 0. The lowest BCUT2D eigenvalue weighted by molar-refractivity contribution is -0.164. The molecule has 1 aromatic heterocycles. The molecule has 2 heterocycles. The molecular weight excluding hydrogens is 466 g/mol. The lowest BCUT2D eigenvalue weighted by Crippen LogP contribution is -2.51. The third kappa shape index (κ3) is 4.84. The van der Waals surface area contributed by atoms with Crippen LogP contribution in [0.1, 0.15) is 30.6 Å². The van der Waals surface area contributed by atoms with Gasteiger partial charge >= 0.3 is 0 Å². The van der Waals surface area contributed by atoms with Crippen LogP contribution in [0, 0.1) is 5.92 Å². The van der Waals surface area contributed by atoms with E-state index in [9.17, 15) is 27.5 Å². The molecule has 0 saturated heterocycles. The van der Waals surface area contributed by atoms with Gasteiger partial charge in [-0.2, -0.15) is 10.1 Å². The maximum absolute atomic E-state index is 13.7. The van der Waals surface area contributed by atoms with E-state index in [1.165, 1.54) is 6.07 Å². The zero-order valence-corrected chi connectivity index (χ0v) is 19.0.